The number of rotatable bonds is 3. The molecule has 0 aromatic carbocycles. The average molecular weight is 195 g/mol. The summed E-state index contributed by atoms with van der Waals surface area (Å²) in [5.41, 5.74) is 0.515. The third kappa shape index (κ3) is 3.04. The maximum absolute atomic E-state index is 10.6. The molecule has 0 rings (SSSR count). The van der Waals surface area contributed by atoms with Gasteiger partial charge >= 0.3 is 0 Å². The van der Waals surface area contributed by atoms with Crippen LogP contribution in [-0.2, 0) is 9.59 Å². The molecule has 0 amide bonds. The second-order valence-electron chi connectivity index (χ2n) is 2.06. The van der Waals surface area contributed by atoms with Gasteiger partial charge in [-0.15, -0.1) is 0 Å². The normalized spacial score (nSPS) is 9.09. The Morgan fingerprint density at radius 1 is 1.18 bits per heavy atom. The van der Waals surface area contributed by atoms with E-state index >= 15 is 0 Å². The molecule has 0 unspecified atom stereocenters. The van der Waals surface area contributed by atoms with Crippen LogP contribution in [0.1, 0.15) is 20.3 Å². The highest BCUT2D eigenvalue weighted by Crippen LogP contribution is 2.13. The first-order valence-electron chi connectivity index (χ1n) is 3.10. The fraction of sp³-hybridized carbons (Fsp3) is 0.429. The van der Waals surface area contributed by atoms with E-state index in [4.69, 9.17) is 23.2 Å². The smallest absolute Gasteiger partial charge is 0.257 e. The molecular formula is C7H8Cl2O2. The molecule has 0 bridgehead atoms. The van der Waals surface area contributed by atoms with Crippen molar-refractivity contribution in [1.82, 2.24) is 0 Å². The summed E-state index contributed by atoms with van der Waals surface area (Å²) in [6.07, 6.45) is 0.590. The maximum Gasteiger partial charge on any atom is 0.257 e. The SMILES string of the molecule is CCC(C)=C(C(=O)Cl)C(=O)Cl. The highest BCUT2D eigenvalue weighted by atomic mass is 35.5. The van der Waals surface area contributed by atoms with E-state index in [1.807, 2.05) is 6.92 Å². The van der Waals surface area contributed by atoms with Gasteiger partial charge in [0, 0.05) is 0 Å². The van der Waals surface area contributed by atoms with Gasteiger partial charge in [0.1, 0.15) is 0 Å². The Balaban J connectivity index is 4.88. The summed E-state index contributed by atoms with van der Waals surface area (Å²) in [4.78, 5) is 21.2. The van der Waals surface area contributed by atoms with E-state index in [0.29, 0.717) is 12.0 Å². The zero-order chi connectivity index (χ0) is 9.02. The van der Waals surface area contributed by atoms with Gasteiger partial charge in [0.25, 0.3) is 10.5 Å². The van der Waals surface area contributed by atoms with Gasteiger partial charge in [0.05, 0.1) is 5.57 Å². The Kier molecular flexibility index (Phi) is 4.38. The van der Waals surface area contributed by atoms with E-state index in [1.54, 1.807) is 6.92 Å². The topological polar surface area (TPSA) is 34.1 Å². The summed E-state index contributed by atoms with van der Waals surface area (Å²) < 4.78 is 0. The van der Waals surface area contributed by atoms with E-state index in [9.17, 15) is 9.59 Å². The molecular weight excluding hydrogens is 187 g/mol. The minimum Gasteiger partial charge on any atom is -0.275 e. The Morgan fingerprint density at radius 3 is 1.64 bits per heavy atom. The van der Waals surface area contributed by atoms with Gasteiger partial charge < -0.3 is 0 Å². The molecule has 0 N–H and O–H groups in total. The van der Waals surface area contributed by atoms with Crippen molar-refractivity contribution in [3.05, 3.63) is 11.1 Å². The molecule has 0 saturated heterocycles. The Bertz CT molecular complexity index is 202. The largest absolute Gasteiger partial charge is 0.275 e. The van der Waals surface area contributed by atoms with Crippen LogP contribution in [0, 0.1) is 0 Å². The molecule has 0 aromatic heterocycles. The first-order chi connectivity index (χ1) is 5.00. The number of carbonyl (C=O) groups excluding carboxylic acids is 2. The Hall–Kier alpha value is -0.340. The molecule has 0 fully saturated rings. The van der Waals surface area contributed by atoms with Crippen LogP contribution in [0.3, 0.4) is 0 Å². The first kappa shape index (κ1) is 10.7. The first-order valence-corrected chi connectivity index (χ1v) is 3.85. The lowest BCUT2D eigenvalue weighted by Crippen LogP contribution is -2.04. The lowest BCUT2D eigenvalue weighted by Gasteiger charge is -1.99. The van der Waals surface area contributed by atoms with E-state index in [0.717, 1.165) is 0 Å². The average Bonchev–Trinajstić information content (AvgIpc) is 1.85. The fourth-order valence-corrected chi connectivity index (χ4v) is 1.13. The molecule has 0 heterocycles. The molecule has 62 valence electrons. The van der Waals surface area contributed by atoms with Crippen molar-refractivity contribution in [3.8, 4) is 0 Å². The van der Waals surface area contributed by atoms with Crippen molar-refractivity contribution < 1.29 is 9.59 Å². The van der Waals surface area contributed by atoms with E-state index in [2.05, 4.69) is 0 Å². The monoisotopic (exact) mass is 194 g/mol. The quantitative estimate of drug-likeness (QED) is 0.299. The molecule has 0 atom stereocenters. The summed E-state index contributed by atoms with van der Waals surface area (Å²) in [5.74, 6) is 0. The van der Waals surface area contributed by atoms with Gasteiger partial charge in [0.15, 0.2) is 0 Å². The van der Waals surface area contributed by atoms with Gasteiger partial charge in [-0.1, -0.05) is 12.5 Å². The van der Waals surface area contributed by atoms with Crippen LogP contribution < -0.4 is 0 Å². The zero-order valence-electron chi connectivity index (χ0n) is 6.28. The molecule has 0 aliphatic heterocycles. The molecule has 2 nitrogen and oxygen atoms in total. The van der Waals surface area contributed by atoms with Crippen LogP contribution in [0.4, 0.5) is 0 Å². The van der Waals surface area contributed by atoms with Gasteiger partial charge in [-0.3, -0.25) is 9.59 Å². The second-order valence-corrected chi connectivity index (χ2v) is 2.74. The highest BCUT2D eigenvalue weighted by molar-refractivity contribution is 6.79. The summed E-state index contributed by atoms with van der Waals surface area (Å²) in [5, 5.41) is -1.58. The fourth-order valence-electron chi connectivity index (χ4n) is 0.590. The molecule has 0 saturated carbocycles. The minimum atomic E-state index is -0.788. The number of hydrogen-bond donors (Lipinski definition) is 0. The van der Waals surface area contributed by atoms with Crippen molar-refractivity contribution in [1.29, 1.82) is 0 Å². The molecule has 0 aromatic rings. The maximum atomic E-state index is 10.6. The van der Waals surface area contributed by atoms with Crippen LogP contribution in [0.5, 0.6) is 0 Å². The van der Waals surface area contributed by atoms with Crippen LogP contribution in [0.25, 0.3) is 0 Å². The Morgan fingerprint density at radius 2 is 1.55 bits per heavy atom. The van der Waals surface area contributed by atoms with Crippen molar-refractivity contribution in [3.63, 3.8) is 0 Å². The molecule has 0 radical (unpaired) electrons. The number of carbonyl (C=O) groups is 2. The molecule has 11 heavy (non-hydrogen) atoms. The Labute approximate surface area is 75.2 Å². The van der Waals surface area contributed by atoms with Gasteiger partial charge in [0.2, 0.25) is 0 Å². The standard InChI is InChI=1S/C7H8Cl2O2/c1-3-4(2)5(6(8)10)7(9)11/h3H2,1-2H3. The number of allylic oxidation sites excluding steroid dienone is 2. The molecule has 4 heteroatoms. The van der Waals surface area contributed by atoms with Crippen LogP contribution in [-0.4, -0.2) is 10.5 Å². The van der Waals surface area contributed by atoms with Gasteiger partial charge in [-0.05, 0) is 36.5 Å². The van der Waals surface area contributed by atoms with E-state index < -0.39 is 10.5 Å². The van der Waals surface area contributed by atoms with Crippen LogP contribution in [0.15, 0.2) is 11.1 Å². The lowest BCUT2D eigenvalue weighted by atomic mass is 10.1. The van der Waals surface area contributed by atoms with Crippen LogP contribution in [0.2, 0.25) is 0 Å². The predicted molar refractivity (Wildman–Crippen MR) is 44.7 cm³/mol. The molecule has 0 aliphatic rings. The van der Waals surface area contributed by atoms with Gasteiger partial charge in [-0.25, -0.2) is 0 Å². The molecule has 0 spiro atoms. The van der Waals surface area contributed by atoms with E-state index in [-0.39, 0.29) is 5.57 Å². The van der Waals surface area contributed by atoms with Crippen molar-refractivity contribution in [2.45, 2.75) is 20.3 Å². The third-order valence-electron chi connectivity index (χ3n) is 1.35. The third-order valence-corrected chi connectivity index (χ3v) is 1.73. The van der Waals surface area contributed by atoms with Gasteiger partial charge in [-0.2, -0.15) is 0 Å². The summed E-state index contributed by atoms with van der Waals surface area (Å²) in [7, 11) is 0. The predicted octanol–water partition coefficient (Wildman–Crippen LogP) is 2.24. The second kappa shape index (κ2) is 4.52. The molecule has 0 aliphatic carbocycles. The van der Waals surface area contributed by atoms with E-state index in [1.165, 1.54) is 0 Å². The number of hydrogen-bond acceptors (Lipinski definition) is 2. The number of halogens is 2. The van der Waals surface area contributed by atoms with Crippen molar-refractivity contribution in [2.75, 3.05) is 0 Å². The zero-order valence-corrected chi connectivity index (χ0v) is 7.79. The van der Waals surface area contributed by atoms with Crippen molar-refractivity contribution in [2.24, 2.45) is 0 Å². The highest BCUT2D eigenvalue weighted by Gasteiger charge is 2.15. The lowest BCUT2D eigenvalue weighted by molar-refractivity contribution is -0.113. The minimum absolute atomic E-state index is 0.101. The summed E-state index contributed by atoms with van der Waals surface area (Å²) in [6, 6.07) is 0. The summed E-state index contributed by atoms with van der Waals surface area (Å²) in [6.45, 7) is 3.46. The summed E-state index contributed by atoms with van der Waals surface area (Å²) >= 11 is 10.2. The van der Waals surface area contributed by atoms with Crippen molar-refractivity contribution >= 4 is 33.7 Å². The van der Waals surface area contributed by atoms with Crippen LogP contribution >= 0.6 is 23.2 Å².